The number of aliphatic imine (C=N–C) groups is 1. The summed E-state index contributed by atoms with van der Waals surface area (Å²) in [5.74, 6) is 1.79. The van der Waals surface area contributed by atoms with Crippen LogP contribution in [0.1, 0.15) is 43.5 Å². The molecule has 0 unspecified atom stereocenters. The number of pyridine rings is 1. The standard InChI is InChI=1S/C28H32N6O2/c1-17(2)36-26-16-31-15-25(33-26)34-27(30-5)22(13-29)24-9-7-21(14-32-24)20-6-8-23(18(3)12-20)28(10-11-28)19(4)35/h6-9,12-17,35H,4,10-11,29H2,1-3,5H3,(H,30,33,34)/p+1. The number of amidine groups is 1. The quantitative estimate of drug-likeness (QED) is 0.244. The Hall–Kier alpha value is -4.20. The zero-order valence-electron chi connectivity index (χ0n) is 21.2. The van der Waals surface area contributed by atoms with Crippen LogP contribution < -0.4 is 20.8 Å². The third-order valence-electron chi connectivity index (χ3n) is 6.32. The van der Waals surface area contributed by atoms with Gasteiger partial charge >= 0.3 is 0 Å². The van der Waals surface area contributed by atoms with Crippen molar-refractivity contribution in [2.45, 2.75) is 45.1 Å². The first-order chi connectivity index (χ1) is 17.3. The molecular formula is C28H33N6O2+. The normalized spacial score (nSPS) is 15.0. The maximum atomic E-state index is 10.1. The largest absolute Gasteiger partial charge is 0.512 e. The number of anilines is 1. The number of nitrogens with one attached hydrogen (secondary N) is 2. The van der Waals surface area contributed by atoms with Gasteiger partial charge in [0.25, 0.3) is 5.88 Å². The zero-order chi connectivity index (χ0) is 25.9. The van der Waals surface area contributed by atoms with Gasteiger partial charge in [-0.15, -0.1) is 0 Å². The van der Waals surface area contributed by atoms with Gasteiger partial charge in [0.2, 0.25) is 12.4 Å². The molecule has 0 aliphatic heterocycles. The second kappa shape index (κ2) is 10.2. The number of aryl methyl sites for hydroxylation is 1. The van der Waals surface area contributed by atoms with Crippen LogP contribution >= 0.6 is 0 Å². The molecule has 8 heteroatoms. The monoisotopic (exact) mass is 485 g/mol. The molecule has 1 fully saturated rings. The highest BCUT2D eigenvalue weighted by molar-refractivity contribution is 6.27. The van der Waals surface area contributed by atoms with E-state index in [1.165, 1.54) is 6.20 Å². The van der Waals surface area contributed by atoms with Crippen LogP contribution in [0.4, 0.5) is 5.82 Å². The lowest BCUT2D eigenvalue weighted by molar-refractivity contribution is -0.379. The summed E-state index contributed by atoms with van der Waals surface area (Å²) in [5.41, 5.74) is 11.3. The fourth-order valence-electron chi connectivity index (χ4n) is 4.33. The minimum Gasteiger partial charge on any atom is -0.512 e. The number of aromatic nitrogens is 3. The molecular weight excluding hydrogens is 452 g/mol. The van der Waals surface area contributed by atoms with Crippen LogP contribution in [0.5, 0.6) is 5.88 Å². The zero-order valence-corrected chi connectivity index (χ0v) is 21.2. The smallest absolute Gasteiger partial charge is 0.282 e. The number of hydrogen-bond donors (Lipinski definition) is 3. The molecule has 2 heterocycles. The minimum atomic E-state index is -0.276. The number of nitrogens with zero attached hydrogens (tertiary/aromatic N) is 3. The predicted octanol–water partition coefficient (Wildman–Crippen LogP) is 4.60. The lowest BCUT2D eigenvalue weighted by Crippen LogP contribution is -2.19. The van der Waals surface area contributed by atoms with Crippen LogP contribution in [0.3, 0.4) is 0 Å². The fraction of sp³-hybridized carbons (Fsp3) is 0.286. The Bertz CT molecular complexity index is 1320. The second-order valence-corrected chi connectivity index (χ2v) is 9.23. The summed E-state index contributed by atoms with van der Waals surface area (Å²) >= 11 is 0. The van der Waals surface area contributed by atoms with Gasteiger partial charge in [-0.2, -0.15) is 4.98 Å². The van der Waals surface area contributed by atoms with Gasteiger partial charge < -0.3 is 20.9 Å². The summed E-state index contributed by atoms with van der Waals surface area (Å²) in [5, 5.41) is 13.3. The minimum absolute atomic E-state index is 0.00614. The number of aliphatic hydroxyl groups is 1. The third kappa shape index (κ3) is 5.07. The van der Waals surface area contributed by atoms with Crippen molar-refractivity contribution in [1.82, 2.24) is 9.97 Å². The van der Waals surface area contributed by atoms with Gasteiger partial charge in [-0.3, -0.25) is 9.98 Å². The molecule has 1 saturated carbocycles. The van der Waals surface area contributed by atoms with E-state index >= 15 is 0 Å². The highest BCUT2D eigenvalue weighted by Gasteiger charge is 2.48. The SMILES string of the molecule is C=C(O)C1(c2ccc(-c3ccc(C(=CN)C(=NC)Nc4c[nH+]cc(OC(C)C)n4)nc3)cc2C)CC1. The van der Waals surface area contributed by atoms with Crippen LogP contribution in [0.2, 0.25) is 0 Å². The Morgan fingerprint density at radius 3 is 2.56 bits per heavy atom. The number of ether oxygens (including phenoxy) is 1. The van der Waals surface area contributed by atoms with Crippen molar-refractivity contribution < 1.29 is 14.8 Å². The Labute approximate surface area is 211 Å². The molecule has 0 spiro atoms. The maximum absolute atomic E-state index is 10.1. The molecule has 186 valence electrons. The Kier molecular flexibility index (Phi) is 7.05. The maximum Gasteiger partial charge on any atom is 0.282 e. The van der Waals surface area contributed by atoms with E-state index in [2.05, 4.69) is 57.0 Å². The number of hydrogen-bond acceptors (Lipinski definition) is 6. The van der Waals surface area contributed by atoms with Crippen molar-refractivity contribution in [3.8, 4) is 17.0 Å². The molecule has 0 amide bonds. The highest BCUT2D eigenvalue weighted by Crippen LogP contribution is 2.53. The summed E-state index contributed by atoms with van der Waals surface area (Å²) in [4.78, 5) is 16.5. The van der Waals surface area contributed by atoms with E-state index in [9.17, 15) is 5.11 Å². The Morgan fingerprint density at radius 2 is 2.00 bits per heavy atom. The highest BCUT2D eigenvalue weighted by atomic mass is 16.5. The van der Waals surface area contributed by atoms with Crippen LogP contribution in [-0.4, -0.2) is 34.1 Å². The molecule has 0 saturated heterocycles. The van der Waals surface area contributed by atoms with Crippen molar-refractivity contribution in [2.75, 3.05) is 12.4 Å². The molecule has 1 aromatic carbocycles. The lowest BCUT2D eigenvalue weighted by Gasteiger charge is -2.18. The Balaban J connectivity index is 1.54. The average Bonchev–Trinajstić information content (AvgIpc) is 3.66. The van der Waals surface area contributed by atoms with Crippen molar-refractivity contribution in [3.63, 3.8) is 0 Å². The van der Waals surface area contributed by atoms with Crippen LogP contribution in [-0.2, 0) is 5.41 Å². The number of aliphatic hydroxyl groups excluding tert-OH is 1. The van der Waals surface area contributed by atoms with E-state index < -0.39 is 0 Å². The molecule has 0 radical (unpaired) electrons. The fourth-order valence-corrected chi connectivity index (χ4v) is 4.33. The Morgan fingerprint density at radius 1 is 1.25 bits per heavy atom. The van der Waals surface area contributed by atoms with Crippen LogP contribution in [0.25, 0.3) is 16.7 Å². The van der Waals surface area contributed by atoms with Gasteiger partial charge in [-0.05, 0) is 56.4 Å². The molecule has 4 rings (SSSR count). The van der Waals surface area contributed by atoms with Crippen LogP contribution in [0.15, 0.2) is 72.5 Å². The third-order valence-corrected chi connectivity index (χ3v) is 6.32. The lowest BCUT2D eigenvalue weighted by atomic mass is 9.88. The molecule has 0 atom stereocenters. The molecule has 2 aromatic heterocycles. The number of nitrogens with two attached hydrogens (primary N) is 1. The van der Waals surface area contributed by atoms with Crippen molar-refractivity contribution in [3.05, 3.63) is 84.3 Å². The average molecular weight is 486 g/mol. The number of allylic oxidation sites excluding steroid dienone is 1. The second-order valence-electron chi connectivity index (χ2n) is 9.23. The first kappa shape index (κ1) is 24.9. The van der Waals surface area contributed by atoms with Gasteiger partial charge in [-0.25, -0.2) is 4.98 Å². The summed E-state index contributed by atoms with van der Waals surface area (Å²) in [6.45, 7) is 9.74. The molecule has 8 nitrogen and oxygen atoms in total. The first-order valence-electron chi connectivity index (χ1n) is 11.9. The topological polar surface area (TPSA) is 120 Å². The summed E-state index contributed by atoms with van der Waals surface area (Å²) < 4.78 is 5.66. The number of H-pyrrole nitrogens is 1. The van der Waals surface area contributed by atoms with Crippen molar-refractivity contribution >= 4 is 17.2 Å². The van der Waals surface area contributed by atoms with Crippen LogP contribution in [0, 0.1) is 6.92 Å². The van der Waals surface area contributed by atoms with E-state index in [4.69, 9.17) is 10.5 Å². The number of rotatable bonds is 8. The van der Waals surface area contributed by atoms with Gasteiger partial charge in [0.05, 0.1) is 28.5 Å². The van der Waals surface area contributed by atoms with Gasteiger partial charge in [0.15, 0.2) is 5.82 Å². The van der Waals surface area contributed by atoms with Gasteiger partial charge in [-0.1, -0.05) is 30.8 Å². The van der Waals surface area contributed by atoms with E-state index in [0.717, 1.165) is 35.1 Å². The molecule has 1 aliphatic carbocycles. The predicted molar refractivity (Wildman–Crippen MR) is 143 cm³/mol. The summed E-state index contributed by atoms with van der Waals surface area (Å²) in [6, 6.07) is 10.2. The summed E-state index contributed by atoms with van der Waals surface area (Å²) in [6.07, 6.45) is 8.58. The van der Waals surface area contributed by atoms with Crippen molar-refractivity contribution in [2.24, 2.45) is 10.7 Å². The van der Waals surface area contributed by atoms with E-state index in [0.29, 0.717) is 28.8 Å². The molecule has 3 aromatic rings. The van der Waals surface area contributed by atoms with E-state index in [1.807, 2.05) is 32.2 Å². The molecule has 5 N–H and O–H groups in total. The molecule has 1 aliphatic rings. The number of aromatic amines is 1. The molecule has 0 bridgehead atoms. The van der Waals surface area contributed by atoms with Gasteiger partial charge in [0, 0.05) is 25.0 Å². The van der Waals surface area contributed by atoms with Crippen molar-refractivity contribution in [1.29, 1.82) is 0 Å². The van der Waals surface area contributed by atoms with E-state index in [-0.39, 0.29) is 17.3 Å². The molecule has 36 heavy (non-hydrogen) atoms. The summed E-state index contributed by atoms with van der Waals surface area (Å²) in [7, 11) is 1.68. The van der Waals surface area contributed by atoms with E-state index in [1.54, 1.807) is 19.4 Å². The first-order valence-corrected chi connectivity index (χ1v) is 11.9. The number of benzene rings is 1. The van der Waals surface area contributed by atoms with Gasteiger partial charge in [0.1, 0.15) is 5.84 Å².